The number of nitrogens with zero attached hydrogens (tertiary/aromatic N) is 3. The summed E-state index contributed by atoms with van der Waals surface area (Å²) in [6.07, 6.45) is 10.9. The summed E-state index contributed by atoms with van der Waals surface area (Å²) in [6.45, 7) is 2.98. The highest BCUT2D eigenvalue weighted by molar-refractivity contribution is 7.09. The second kappa shape index (κ2) is 7.07. The van der Waals surface area contributed by atoms with Crippen LogP contribution in [-0.2, 0) is 17.7 Å². The predicted molar refractivity (Wildman–Crippen MR) is 91.3 cm³/mol. The van der Waals surface area contributed by atoms with E-state index in [1.165, 1.54) is 23.4 Å². The van der Waals surface area contributed by atoms with Crippen molar-refractivity contribution in [2.45, 2.75) is 44.4 Å². The number of pyridine rings is 1. The van der Waals surface area contributed by atoms with E-state index in [0.29, 0.717) is 12.1 Å². The van der Waals surface area contributed by atoms with Gasteiger partial charge in [0, 0.05) is 43.2 Å². The van der Waals surface area contributed by atoms with Gasteiger partial charge in [0.1, 0.15) is 5.01 Å². The molecule has 0 aromatic carbocycles. The second-order valence-electron chi connectivity index (χ2n) is 6.63. The van der Waals surface area contributed by atoms with Crippen molar-refractivity contribution in [2.24, 2.45) is 5.92 Å². The van der Waals surface area contributed by atoms with E-state index in [2.05, 4.69) is 26.3 Å². The highest BCUT2D eigenvalue weighted by Gasteiger charge is 2.36. The molecule has 3 heterocycles. The number of aromatic nitrogens is 2. The Bertz CT molecular complexity index is 600. The van der Waals surface area contributed by atoms with E-state index in [0.717, 1.165) is 38.5 Å². The highest BCUT2D eigenvalue weighted by Crippen LogP contribution is 2.32. The molecule has 0 amide bonds. The molecule has 4 rings (SSSR count). The molecular formula is C18H23N3OS. The monoisotopic (exact) mass is 329 g/mol. The molecule has 23 heavy (non-hydrogen) atoms. The molecule has 2 atom stereocenters. The Morgan fingerprint density at radius 3 is 2.96 bits per heavy atom. The third-order valence-corrected chi connectivity index (χ3v) is 5.60. The zero-order valence-electron chi connectivity index (χ0n) is 13.3. The second-order valence-corrected chi connectivity index (χ2v) is 7.61. The molecule has 0 N–H and O–H groups in total. The number of thiazole rings is 1. The van der Waals surface area contributed by atoms with Crippen molar-refractivity contribution in [1.82, 2.24) is 14.9 Å². The van der Waals surface area contributed by atoms with Gasteiger partial charge in [-0.05, 0) is 43.2 Å². The molecule has 2 aromatic rings. The van der Waals surface area contributed by atoms with Crippen LogP contribution in [0.4, 0.5) is 0 Å². The van der Waals surface area contributed by atoms with Crippen LogP contribution >= 0.6 is 11.3 Å². The summed E-state index contributed by atoms with van der Waals surface area (Å²) in [5.41, 5.74) is 1.29. The number of rotatable bonds is 7. The molecule has 0 spiro atoms. The Kier molecular flexibility index (Phi) is 4.69. The lowest BCUT2D eigenvalue weighted by Gasteiger charge is -2.27. The summed E-state index contributed by atoms with van der Waals surface area (Å²) in [5.74, 6) is 0.821. The van der Waals surface area contributed by atoms with Gasteiger partial charge >= 0.3 is 0 Å². The summed E-state index contributed by atoms with van der Waals surface area (Å²) in [7, 11) is 0. The van der Waals surface area contributed by atoms with Crippen LogP contribution in [0.5, 0.6) is 0 Å². The number of ether oxygens (including phenoxy) is 1. The zero-order chi connectivity index (χ0) is 15.5. The molecule has 0 bridgehead atoms. The van der Waals surface area contributed by atoms with Gasteiger partial charge in [0.15, 0.2) is 0 Å². The maximum Gasteiger partial charge on any atom is 0.107 e. The first kappa shape index (κ1) is 15.2. The van der Waals surface area contributed by atoms with Crippen molar-refractivity contribution in [3.05, 3.63) is 46.7 Å². The van der Waals surface area contributed by atoms with Crippen molar-refractivity contribution >= 4 is 11.3 Å². The average molecular weight is 329 g/mol. The summed E-state index contributed by atoms with van der Waals surface area (Å²) >= 11 is 1.74. The first-order valence-corrected chi connectivity index (χ1v) is 9.39. The summed E-state index contributed by atoms with van der Waals surface area (Å²) < 4.78 is 6.28. The van der Waals surface area contributed by atoms with Crippen molar-refractivity contribution in [3.63, 3.8) is 0 Å². The van der Waals surface area contributed by atoms with E-state index >= 15 is 0 Å². The minimum atomic E-state index is 0.343. The molecule has 1 saturated heterocycles. The van der Waals surface area contributed by atoms with E-state index in [4.69, 9.17) is 4.74 Å². The molecular weight excluding hydrogens is 306 g/mol. The minimum absolute atomic E-state index is 0.343. The number of hydrogen-bond acceptors (Lipinski definition) is 5. The van der Waals surface area contributed by atoms with Gasteiger partial charge in [-0.2, -0.15) is 0 Å². The average Bonchev–Trinajstić information content (AvgIpc) is 3.13. The minimum Gasteiger partial charge on any atom is -0.376 e. The van der Waals surface area contributed by atoms with Crippen LogP contribution in [0.3, 0.4) is 0 Å². The number of hydrogen-bond donors (Lipinski definition) is 0. The Labute approximate surface area is 141 Å². The van der Waals surface area contributed by atoms with Crippen LogP contribution in [0.15, 0.2) is 36.1 Å². The first-order valence-electron chi connectivity index (χ1n) is 8.51. The van der Waals surface area contributed by atoms with E-state index < -0.39 is 0 Å². The van der Waals surface area contributed by atoms with Gasteiger partial charge in [0.2, 0.25) is 0 Å². The molecule has 2 aliphatic rings. The SMILES string of the molecule is c1cncc(C[C@H]2[C@H](OCC3CC3)CCN2Cc2nccs2)c1. The highest BCUT2D eigenvalue weighted by atomic mass is 32.1. The summed E-state index contributed by atoms with van der Waals surface area (Å²) in [4.78, 5) is 11.3. The van der Waals surface area contributed by atoms with E-state index in [9.17, 15) is 0 Å². The van der Waals surface area contributed by atoms with Crippen LogP contribution in [0.2, 0.25) is 0 Å². The number of likely N-dealkylation sites (tertiary alicyclic amines) is 1. The zero-order valence-corrected chi connectivity index (χ0v) is 14.1. The summed E-state index contributed by atoms with van der Waals surface area (Å²) in [6, 6.07) is 4.63. The van der Waals surface area contributed by atoms with E-state index in [1.54, 1.807) is 11.3 Å². The van der Waals surface area contributed by atoms with Gasteiger partial charge in [0.25, 0.3) is 0 Å². The predicted octanol–water partition coefficient (Wildman–Crippen LogP) is 3.15. The van der Waals surface area contributed by atoms with Gasteiger partial charge < -0.3 is 4.74 Å². The summed E-state index contributed by atoms with van der Waals surface area (Å²) in [5, 5.41) is 3.26. The van der Waals surface area contributed by atoms with Crippen LogP contribution in [0.25, 0.3) is 0 Å². The Hall–Kier alpha value is -1.30. The lowest BCUT2D eigenvalue weighted by Crippen LogP contribution is -2.38. The Morgan fingerprint density at radius 1 is 1.26 bits per heavy atom. The fourth-order valence-electron chi connectivity index (χ4n) is 3.35. The van der Waals surface area contributed by atoms with Crippen LogP contribution < -0.4 is 0 Å². The molecule has 1 aliphatic carbocycles. The Morgan fingerprint density at radius 2 is 2.22 bits per heavy atom. The quantitative estimate of drug-likeness (QED) is 0.782. The fourth-order valence-corrected chi connectivity index (χ4v) is 3.99. The van der Waals surface area contributed by atoms with Crippen molar-refractivity contribution in [2.75, 3.05) is 13.2 Å². The maximum absolute atomic E-state index is 6.28. The van der Waals surface area contributed by atoms with Gasteiger partial charge in [-0.15, -0.1) is 11.3 Å². The lowest BCUT2D eigenvalue weighted by molar-refractivity contribution is 0.0196. The third-order valence-electron chi connectivity index (χ3n) is 4.83. The maximum atomic E-state index is 6.28. The van der Waals surface area contributed by atoms with Crippen molar-refractivity contribution in [3.8, 4) is 0 Å². The van der Waals surface area contributed by atoms with Crippen molar-refractivity contribution < 1.29 is 4.74 Å². The molecule has 2 aromatic heterocycles. The van der Waals surface area contributed by atoms with Gasteiger partial charge in [-0.3, -0.25) is 9.88 Å². The van der Waals surface area contributed by atoms with Crippen LogP contribution in [-0.4, -0.2) is 40.2 Å². The smallest absolute Gasteiger partial charge is 0.107 e. The van der Waals surface area contributed by atoms with Gasteiger partial charge in [0.05, 0.1) is 12.6 Å². The molecule has 0 unspecified atom stereocenters. The van der Waals surface area contributed by atoms with Gasteiger partial charge in [-0.25, -0.2) is 4.98 Å². The first-order chi connectivity index (χ1) is 11.4. The molecule has 5 heteroatoms. The van der Waals surface area contributed by atoms with E-state index in [1.807, 2.05) is 24.7 Å². The molecule has 0 radical (unpaired) electrons. The van der Waals surface area contributed by atoms with Crippen LogP contribution in [0, 0.1) is 5.92 Å². The third kappa shape index (κ3) is 3.97. The topological polar surface area (TPSA) is 38.2 Å². The van der Waals surface area contributed by atoms with Crippen LogP contribution in [0.1, 0.15) is 29.8 Å². The fraction of sp³-hybridized carbons (Fsp3) is 0.556. The molecule has 4 nitrogen and oxygen atoms in total. The molecule has 1 saturated carbocycles. The molecule has 1 aliphatic heterocycles. The van der Waals surface area contributed by atoms with Gasteiger partial charge in [-0.1, -0.05) is 6.07 Å². The van der Waals surface area contributed by atoms with Crippen molar-refractivity contribution in [1.29, 1.82) is 0 Å². The standard InChI is InChI=1S/C18H23N3OS/c1-2-15(11-19-6-1)10-16-17(22-13-14-3-4-14)5-8-21(16)12-18-20-7-9-23-18/h1-2,6-7,9,11,14,16-17H,3-5,8,10,12-13H2/t16-,17+/m0/s1. The van der Waals surface area contributed by atoms with E-state index in [-0.39, 0.29) is 0 Å². The molecule has 122 valence electrons. The largest absolute Gasteiger partial charge is 0.376 e. The lowest BCUT2D eigenvalue weighted by atomic mass is 10.0. The Balaban J connectivity index is 1.45. The normalized spacial score (nSPS) is 25.0. The molecule has 2 fully saturated rings.